The van der Waals surface area contributed by atoms with E-state index in [9.17, 15) is 4.79 Å². The molecule has 0 spiro atoms. The largest absolute Gasteiger partial charge is 0.492 e. The zero-order chi connectivity index (χ0) is 15.9. The van der Waals surface area contributed by atoms with Gasteiger partial charge >= 0.3 is 0 Å². The lowest BCUT2D eigenvalue weighted by atomic mass is 10.1. The molecule has 0 aliphatic carbocycles. The number of nitrogens with zero attached hydrogens (tertiary/aromatic N) is 1. The standard InChI is InChI=1S/C16H19NO3S2/c1-4-9-21-16-17-12(15(18)22-16)10-11-7-6-8-13(20-5-2)14(11)19-3/h6-8,10H,4-5,9H2,1-3H3/b12-10-. The monoisotopic (exact) mass is 337 g/mol. The molecule has 118 valence electrons. The molecule has 1 aromatic carbocycles. The molecule has 2 rings (SSSR count). The summed E-state index contributed by atoms with van der Waals surface area (Å²) in [4.78, 5) is 16.5. The zero-order valence-corrected chi connectivity index (χ0v) is 14.6. The number of methoxy groups -OCH3 is 1. The quantitative estimate of drug-likeness (QED) is 0.728. The van der Waals surface area contributed by atoms with Crippen LogP contribution >= 0.6 is 23.5 Å². The van der Waals surface area contributed by atoms with Crippen molar-refractivity contribution < 1.29 is 14.3 Å². The van der Waals surface area contributed by atoms with Gasteiger partial charge in [-0.3, -0.25) is 4.79 Å². The van der Waals surface area contributed by atoms with Crippen molar-refractivity contribution in [1.82, 2.24) is 0 Å². The summed E-state index contributed by atoms with van der Waals surface area (Å²) in [6.07, 6.45) is 2.82. The number of thioether (sulfide) groups is 2. The highest BCUT2D eigenvalue weighted by atomic mass is 32.2. The highest BCUT2D eigenvalue weighted by Crippen LogP contribution is 2.36. The second-order valence-electron chi connectivity index (χ2n) is 4.46. The van der Waals surface area contributed by atoms with Crippen LogP contribution in [0.25, 0.3) is 6.08 Å². The van der Waals surface area contributed by atoms with E-state index >= 15 is 0 Å². The number of ether oxygens (including phenoxy) is 2. The number of hydrogen-bond acceptors (Lipinski definition) is 6. The van der Waals surface area contributed by atoms with E-state index in [4.69, 9.17) is 9.47 Å². The van der Waals surface area contributed by atoms with Gasteiger partial charge in [-0.05, 0) is 43.0 Å². The molecule has 1 aromatic rings. The van der Waals surface area contributed by atoms with Crippen LogP contribution in [-0.2, 0) is 4.79 Å². The van der Waals surface area contributed by atoms with Crippen molar-refractivity contribution in [2.24, 2.45) is 4.99 Å². The van der Waals surface area contributed by atoms with Gasteiger partial charge in [-0.15, -0.1) is 0 Å². The van der Waals surface area contributed by atoms with Gasteiger partial charge in [0.05, 0.1) is 13.7 Å². The van der Waals surface area contributed by atoms with Crippen LogP contribution in [0, 0.1) is 0 Å². The zero-order valence-electron chi connectivity index (χ0n) is 12.9. The van der Waals surface area contributed by atoms with Crippen molar-refractivity contribution in [3.05, 3.63) is 29.5 Å². The van der Waals surface area contributed by atoms with Crippen LogP contribution in [0.3, 0.4) is 0 Å². The molecule has 0 unspecified atom stereocenters. The van der Waals surface area contributed by atoms with Gasteiger partial charge in [-0.1, -0.05) is 30.8 Å². The van der Waals surface area contributed by atoms with Crippen LogP contribution in [0.5, 0.6) is 11.5 Å². The molecule has 0 saturated heterocycles. The maximum atomic E-state index is 12.1. The highest BCUT2D eigenvalue weighted by Gasteiger charge is 2.23. The maximum Gasteiger partial charge on any atom is 0.244 e. The molecule has 0 fully saturated rings. The van der Waals surface area contributed by atoms with E-state index in [0.717, 1.165) is 22.1 Å². The molecular weight excluding hydrogens is 318 g/mol. The minimum absolute atomic E-state index is 0.0255. The SMILES string of the molecule is CCCSC1=N/C(=C\c2cccc(OCC)c2OC)C(=O)S1. The molecule has 1 aliphatic rings. The molecule has 0 saturated carbocycles. The van der Waals surface area contributed by atoms with Gasteiger partial charge in [-0.2, -0.15) is 0 Å². The molecule has 1 aliphatic heterocycles. The van der Waals surface area contributed by atoms with Crippen LogP contribution in [0.2, 0.25) is 0 Å². The van der Waals surface area contributed by atoms with Crippen LogP contribution in [-0.4, -0.2) is 29.0 Å². The first-order chi connectivity index (χ1) is 10.7. The molecule has 0 amide bonds. The summed E-state index contributed by atoms with van der Waals surface area (Å²) >= 11 is 2.81. The van der Waals surface area contributed by atoms with Gasteiger partial charge in [0.15, 0.2) is 11.5 Å². The van der Waals surface area contributed by atoms with Crippen molar-refractivity contribution in [1.29, 1.82) is 0 Å². The lowest BCUT2D eigenvalue weighted by Crippen LogP contribution is -1.97. The number of para-hydroxylation sites is 1. The Balaban J connectivity index is 2.30. The number of carbonyl (C=O) groups excluding carboxylic acids is 1. The van der Waals surface area contributed by atoms with E-state index in [1.807, 2.05) is 25.1 Å². The Morgan fingerprint density at radius 3 is 2.86 bits per heavy atom. The molecule has 0 N–H and O–H groups in total. The van der Waals surface area contributed by atoms with Crippen LogP contribution in [0.1, 0.15) is 25.8 Å². The minimum Gasteiger partial charge on any atom is -0.492 e. The smallest absolute Gasteiger partial charge is 0.244 e. The first-order valence-corrected chi connectivity index (χ1v) is 8.95. The predicted molar refractivity (Wildman–Crippen MR) is 94.9 cm³/mol. The van der Waals surface area contributed by atoms with E-state index in [0.29, 0.717) is 23.8 Å². The van der Waals surface area contributed by atoms with Crippen molar-refractivity contribution in [2.45, 2.75) is 20.3 Å². The first kappa shape index (κ1) is 17.0. The Kier molecular flexibility index (Phi) is 6.39. The predicted octanol–water partition coefficient (Wildman–Crippen LogP) is 4.21. The first-order valence-electron chi connectivity index (χ1n) is 7.14. The van der Waals surface area contributed by atoms with Crippen LogP contribution in [0.4, 0.5) is 0 Å². The molecule has 0 bridgehead atoms. The van der Waals surface area contributed by atoms with E-state index < -0.39 is 0 Å². The fourth-order valence-corrected chi connectivity index (χ4v) is 3.69. The number of hydrogen-bond donors (Lipinski definition) is 0. The third-order valence-electron chi connectivity index (χ3n) is 2.84. The van der Waals surface area contributed by atoms with E-state index in [2.05, 4.69) is 11.9 Å². The van der Waals surface area contributed by atoms with Gasteiger partial charge < -0.3 is 9.47 Å². The Labute approximate surface area is 139 Å². The summed E-state index contributed by atoms with van der Waals surface area (Å²) < 4.78 is 11.8. The molecule has 1 heterocycles. The van der Waals surface area contributed by atoms with Crippen molar-refractivity contribution in [3.63, 3.8) is 0 Å². The fourth-order valence-electron chi connectivity index (χ4n) is 1.92. The number of carbonyl (C=O) groups is 1. The summed E-state index contributed by atoms with van der Waals surface area (Å²) in [5, 5.41) is -0.0255. The summed E-state index contributed by atoms with van der Waals surface area (Å²) in [6, 6.07) is 5.61. The molecular formula is C16H19NO3S2. The number of rotatable bonds is 6. The molecule has 0 aromatic heterocycles. The molecule has 0 atom stereocenters. The average molecular weight is 337 g/mol. The summed E-state index contributed by atoms with van der Waals surface area (Å²) in [5.74, 6) is 2.26. The van der Waals surface area contributed by atoms with Gasteiger partial charge in [0, 0.05) is 5.56 Å². The molecule has 22 heavy (non-hydrogen) atoms. The second kappa shape index (κ2) is 8.29. The summed E-state index contributed by atoms with van der Waals surface area (Å²) in [6.45, 7) is 4.58. The minimum atomic E-state index is -0.0255. The molecule has 0 radical (unpaired) electrons. The Morgan fingerprint density at radius 1 is 1.36 bits per heavy atom. The topological polar surface area (TPSA) is 47.9 Å². The lowest BCUT2D eigenvalue weighted by molar-refractivity contribution is -0.107. The average Bonchev–Trinajstić information content (AvgIpc) is 2.86. The number of aliphatic imine (C=N–C) groups is 1. The second-order valence-corrected chi connectivity index (χ2v) is 6.76. The van der Waals surface area contributed by atoms with E-state index in [-0.39, 0.29) is 5.12 Å². The maximum absolute atomic E-state index is 12.1. The normalized spacial score (nSPS) is 16.0. The van der Waals surface area contributed by atoms with Crippen molar-refractivity contribution >= 4 is 39.1 Å². The van der Waals surface area contributed by atoms with Crippen molar-refractivity contribution in [3.8, 4) is 11.5 Å². The number of benzene rings is 1. The summed E-state index contributed by atoms with van der Waals surface area (Å²) in [7, 11) is 1.59. The summed E-state index contributed by atoms with van der Waals surface area (Å²) in [5.41, 5.74) is 1.25. The lowest BCUT2D eigenvalue weighted by Gasteiger charge is -2.11. The Morgan fingerprint density at radius 2 is 2.18 bits per heavy atom. The fraction of sp³-hybridized carbons (Fsp3) is 0.375. The van der Waals surface area contributed by atoms with E-state index in [1.165, 1.54) is 11.8 Å². The van der Waals surface area contributed by atoms with Crippen LogP contribution in [0.15, 0.2) is 28.9 Å². The van der Waals surface area contributed by atoms with Gasteiger partial charge in [0.1, 0.15) is 10.1 Å². The highest BCUT2D eigenvalue weighted by molar-refractivity contribution is 8.45. The van der Waals surface area contributed by atoms with Gasteiger partial charge in [-0.25, -0.2) is 4.99 Å². The van der Waals surface area contributed by atoms with Gasteiger partial charge in [0.25, 0.3) is 0 Å². The third-order valence-corrected chi connectivity index (χ3v) is 5.05. The van der Waals surface area contributed by atoms with E-state index in [1.54, 1.807) is 24.9 Å². The van der Waals surface area contributed by atoms with Crippen molar-refractivity contribution in [2.75, 3.05) is 19.5 Å². The third kappa shape index (κ3) is 4.08. The Hall–Kier alpha value is -1.40. The molecule has 4 nitrogen and oxygen atoms in total. The van der Waals surface area contributed by atoms with Gasteiger partial charge in [0.2, 0.25) is 5.12 Å². The molecule has 6 heteroatoms. The van der Waals surface area contributed by atoms with Crippen LogP contribution < -0.4 is 9.47 Å². The Bertz CT molecular complexity index is 611.